The third-order valence-corrected chi connectivity index (χ3v) is 4.75. The lowest BCUT2D eigenvalue weighted by molar-refractivity contribution is -0.119. The zero-order valence-electron chi connectivity index (χ0n) is 15.7. The number of anilines is 1. The van der Waals surface area contributed by atoms with Gasteiger partial charge in [-0.25, -0.2) is 4.98 Å². The van der Waals surface area contributed by atoms with Crippen molar-refractivity contribution in [2.75, 3.05) is 5.32 Å². The molecular weight excluding hydrogens is 380 g/mol. The van der Waals surface area contributed by atoms with Crippen LogP contribution in [0.2, 0.25) is 0 Å². The largest absolute Gasteiger partial charge is 0.338 e. The van der Waals surface area contributed by atoms with Crippen LogP contribution in [0.25, 0.3) is 22.4 Å². The van der Waals surface area contributed by atoms with Gasteiger partial charge in [-0.15, -0.1) is 0 Å². The topological polar surface area (TPSA) is 69.8 Å². The molecule has 0 unspecified atom stereocenters. The average molecular weight is 401 g/mol. The first-order chi connectivity index (χ1) is 14.2. The van der Waals surface area contributed by atoms with Crippen LogP contribution < -0.4 is 10.6 Å². The highest BCUT2D eigenvalue weighted by Gasteiger charge is 2.07. The molecule has 1 aromatic heterocycles. The lowest BCUT2D eigenvalue weighted by atomic mass is 10.1. The first-order valence-electron chi connectivity index (χ1n) is 9.37. The Bertz CT molecular complexity index is 1100. The van der Waals surface area contributed by atoms with Crippen LogP contribution in [0.4, 0.5) is 5.69 Å². The lowest BCUT2D eigenvalue weighted by Gasteiger charge is -2.10. The van der Waals surface area contributed by atoms with Gasteiger partial charge in [-0.1, -0.05) is 42.5 Å². The van der Waals surface area contributed by atoms with Gasteiger partial charge in [-0.05, 0) is 60.6 Å². The normalized spacial score (nSPS) is 10.6. The number of nitrogens with one attached hydrogen (secondary N) is 3. The molecule has 3 aromatic carbocycles. The van der Waals surface area contributed by atoms with E-state index in [2.05, 4.69) is 20.6 Å². The summed E-state index contributed by atoms with van der Waals surface area (Å²) in [5.41, 5.74) is 4.85. The number of hydrogen-bond acceptors (Lipinski definition) is 3. The number of aromatic nitrogens is 2. The van der Waals surface area contributed by atoms with Crippen LogP contribution in [0.3, 0.4) is 0 Å². The number of aryl methyl sites for hydroxylation is 1. The van der Waals surface area contributed by atoms with Gasteiger partial charge in [-0.3, -0.25) is 4.79 Å². The molecule has 0 radical (unpaired) electrons. The minimum Gasteiger partial charge on any atom is -0.338 e. The van der Waals surface area contributed by atoms with E-state index in [4.69, 9.17) is 12.2 Å². The summed E-state index contributed by atoms with van der Waals surface area (Å²) in [6.07, 6.45) is 1.07. The highest BCUT2D eigenvalue weighted by atomic mass is 32.1. The first-order valence-corrected chi connectivity index (χ1v) is 9.78. The fourth-order valence-electron chi connectivity index (χ4n) is 3.05. The molecule has 4 aromatic rings. The monoisotopic (exact) mass is 400 g/mol. The molecule has 144 valence electrons. The molecule has 1 heterocycles. The van der Waals surface area contributed by atoms with E-state index in [1.165, 1.54) is 0 Å². The molecular formula is C23H20N4OS. The van der Waals surface area contributed by atoms with E-state index in [1.807, 2.05) is 78.9 Å². The average Bonchev–Trinajstić information content (AvgIpc) is 3.18. The Morgan fingerprint density at radius 3 is 2.41 bits per heavy atom. The predicted octanol–water partition coefficient (Wildman–Crippen LogP) is 4.68. The zero-order valence-corrected chi connectivity index (χ0v) is 16.5. The summed E-state index contributed by atoms with van der Waals surface area (Å²) in [6.45, 7) is 0. The maximum atomic E-state index is 12.1. The molecule has 5 nitrogen and oxygen atoms in total. The van der Waals surface area contributed by atoms with Gasteiger partial charge in [0, 0.05) is 17.7 Å². The molecule has 0 atom stereocenters. The number of benzene rings is 3. The number of H-pyrrole nitrogens is 1. The van der Waals surface area contributed by atoms with Crippen LogP contribution in [0.1, 0.15) is 12.0 Å². The number of aromatic amines is 1. The van der Waals surface area contributed by atoms with Crippen molar-refractivity contribution in [3.63, 3.8) is 0 Å². The summed E-state index contributed by atoms with van der Waals surface area (Å²) >= 11 is 5.25. The molecule has 0 saturated carbocycles. The first kappa shape index (κ1) is 18.8. The van der Waals surface area contributed by atoms with Gasteiger partial charge >= 0.3 is 0 Å². The van der Waals surface area contributed by atoms with E-state index in [-0.39, 0.29) is 5.91 Å². The summed E-state index contributed by atoms with van der Waals surface area (Å²) in [7, 11) is 0. The van der Waals surface area contributed by atoms with Crippen LogP contribution in [0, 0.1) is 0 Å². The molecule has 0 saturated heterocycles. The van der Waals surface area contributed by atoms with Crippen molar-refractivity contribution in [3.8, 4) is 11.4 Å². The van der Waals surface area contributed by atoms with Crippen LogP contribution in [0.5, 0.6) is 0 Å². The van der Waals surface area contributed by atoms with Crippen molar-refractivity contribution < 1.29 is 4.79 Å². The molecule has 3 N–H and O–H groups in total. The quantitative estimate of drug-likeness (QED) is 0.426. The molecule has 0 bridgehead atoms. The zero-order chi connectivity index (χ0) is 20.1. The number of imidazole rings is 1. The van der Waals surface area contributed by atoms with E-state index in [1.54, 1.807) is 0 Å². The Morgan fingerprint density at radius 1 is 0.931 bits per heavy atom. The molecule has 0 fully saturated rings. The van der Waals surface area contributed by atoms with Crippen molar-refractivity contribution in [2.45, 2.75) is 12.8 Å². The van der Waals surface area contributed by atoms with Crippen molar-refractivity contribution in [1.29, 1.82) is 0 Å². The van der Waals surface area contributed by atoms with Crippen LogP contribution in [0.15, 0.2) is 78.9 Å². The van der Waals surface area contributed by atoms with Gasteiger partial charge < -0.3 is 15.6 Å². The summed E-state index contributed by atoms with van der Waals surface area (Å²) in [4.78, 5) is 20.0. The maximum absolute atomic E-state index is 12.1. The molecule has 0 aliphatic rings. The molecule has 29 heavy (non-hydrogen) atoms. The third kappa shape index (κ3) is 4.86. The number of hydrogen-bond donors (Lipinski definition) is 3. The van der Waals surface area contributed by atoms with Gasteiger partial charge in [0.15, 0.2) is 5.11 Å². The number of para-hydroxylation sites is 2. The smallest absolute Gasteiger partial charge is 0.226 e. The van der Waals surface area contributed by atoms with Gasteiger partial charge in [0.05, 0.1) is 11.0 Å². The van der Waals surface area contributed by atoms with Crippen molar-refractivity contribution >= 4 is 40.0 Å². The van der Waals surface area contributed by atoms with Crippen molar-refractivity contribution in [1.82, 2.24) is 15.3 Å². The highest BCUT2D eigenvalue weighted by molar-refractivity contribution is 7.80. The fourth-order valence-corrected chi connectivity index (χ4v) is 3.29. The second-order valence-corrected chi connectivity index (χ2v) is 7.08. The standard InChI is InChI=1S/C23H20N4OS/c28-21(15-10-16-6-2-1-3-7-16)27-23(29)24-18-13-11-17(12-14-18)22-25-19-8-4-5-9-20(19)26-22/h1-9,11-14H,10,15H2,(H,25,26)(H2,24,27,28,29). The fraction of sp³-hybridized carbons (Fsp3) is 0.0870. The second-order valence-electron chi connectivity index (χ2n) is 6.67. The van der Waals surface area contributed by atoms with Gasteiger partial charge in [0.2, 0.25) is 5.91 Å². The molecule has 6 heteroatoms. The summed E-state index contributed by atoms with van der Waals surface area (Å²) in [5, 5.41) is 6.06. The van der Waals surface area contributed by atoms with Gasteiger partial charge in [0.25, 0.3) is 0 Å². The summed E-state index contributed by atoms with van der Waals surface area (Å²) in [6, 6.07) is 25.6. The molecule has 4 rings (SSSR count). The van der Waals surface area contributed by atoms with E-state index in [0.29, 0.717) is 18.0 Å². The SMILES string of the molecule is O=C(CCc1ccccc1)NC(=S)Nc1ccc(-c2nc3ccccc3[nH]2)cc1. The minimum absolute atomic E-state index is 0.106. The predicted molar refractivity (Wildman–Crippen MR) is 121 cm³/mol. The van der Waals surface area contributed by atoms with Crippen molar-refractivity contribution in [3.05, 3.63) is 84.4 Å². The number of carbonyl (C=O) groups excluding carboxylic acids is 1. The van der Waals surface area contributed by atoms with E-state index < -0.39 is 0 Å². The Morgan fingerprint density at radius 2 is 1.66 bits per heavy atom. The van der Waals surface area contributed by atoms with Crippen LogP contribution >= 0.6 is 12.2 Å². The Labute approximate surface area is 174 Å². The van der Waals surface area contributed by atoms with Gasteiger partial charge in [-0.2, -0.15) is 0 Å². The summed E-state index contributed by atoms with van der Waals surface area (Å²) < 4.78 is 0. The number of thiocarbonyl (C=S) groups is 1. The number of nitrogens with zero attached hydrogens (tertiary/aromatic N) is 1. The molecule has 1 amide bonds. The number of amides is 1. The number of fused-ring (bicyclic) bond motifs is 1. The van der Waals surface area contributed by atoms with Crippen LogP contribution in [-0.4, -0.2) is 21.0 Å². The summed E-state index contributed by atoms with van der Waals surface area (Å²) in [5.74, 6) is 0.708. The van der Waals surface area contributed by atoms with Crippen molar-refractivity contribution in [2.24, 2.45) is 0 Å². The number of rotatable bonds is 5. The Kier molecular flexibility index (Phi) is 5.63. The van der Waals surface area contributed by atoms with E-state index in [9.17, 15) is 4.79 Å². The molecule has 0 aliphatic heterocycles. The Balaban J connectivity index is 1.32. The molecule has 0 spiro atoms. The Hall–Kier alpha value is -3.51. The number of carbonyl (C=O) groups is 1. The minimum atomic E-state index is -0.106. The lowest BCUT2D eigenvalue weighted by Crippen LogP contribution is -2.34. The highest BCUT2D eigenvalue weighted by Crippen LogP contribution is 2.22. The van der Waals surface area contributed by atoms with E-state index in [0.717, 1.165) is 33.7 Å². The van der Waals surface area contributed by atoms with Crippen LogP contribution in [-0.2, 0) is 11.2 Å². The maximum Gasteiger partial charge on any atom is 0.226 e. The van der Waals surface area contributed by atoms with Gasteiger partial charge in [0.1, 0.15) is 5.82 Å². The third-order valence-electron chi connectivity index (χ3n) is 4.54. The van der Waals surface area contributed by atoms with E-state index >= 15 is 0 Å². The second kappa shape index (κ2) is 8.67. The molecule has 0 aliphatic carbocycles.